The molecule has 0 aromatic rings. The highest BCUT2D eigenvalue weighted by Gasteiger charge is 2.29. The van der Waals surface area contributed by atoms with Crippen molar-refractivity contribution in [2.75, 3.05) is 39.6 Å². The van der Waals surface area contributed by atoms with Crippen LogP contribution in [-0.4, -0.2) is 95.9 Å². The van der Waals surface area contributed by atoms with Crippen LogP contribution in [0.5, 0.6) is 0 Å². The van der Waals surface area contributed by atoms with Crippen molar-refractivity contribution in [3.8, 4) is 0 Å². The van der Waals surface area contributed by atoms with Gasteiger partial charge in [0.25, 0.3) is 0 Å². The minimum absolute atomic E-state index is 0.104. The fourth-order valence-electron chi connectivity index (χ4n) is 11.4. The SMILES string of the molecule is CC/C=C\C/C=C\C/C=C\C/C=C\C/C=C\C/C=C\CCCCCCCCCCCCCCCCCCC(=O)OCC(O)COP(=O)(O)OCC(O)COP(=O)(O)OCC(COC(=O)CCCCCCCC/C=C\C/C=C\C/C=C\C/C=C\CC)OC(=O)CCCCCCCCCCCCCCCCC. The Hall–Kier alpha value is -4.05. The normalized spacial score (nSPS) is 14.5. The molecule has 0 spiro atoms. The average Bonchev–Trinajstić information content (AvgIpc) is 0.942. The molecular formula is C87H152O16P2. The van der Waals surface area contributed by atoms with Crippen molar-refractivity contribution in [2.45, 2.75) is 373 Å². The molecule has 0 radical (unpaired) electrons. The highest BCUT2D eigenvalue weighted by atomic mass is 31.2. The number of unbranched alkanes of at least 4 members (excludes halogenated alkanes) is 36. The largest absolute Gasteiger partial charge is 0.472 e. The van der Waals surface area contributed by atoms with Crippen LogP contribution in [0.25, 0.3) is 0 Å². The Balaban J connectivity index is 4.41. The number of aliphatic hydroxyl groups excluding tert-OH is 2. The maximum absolute atomic E-state index is 13.0. The summed E-state index contributed by atoms with van der Waals surface area (Å²) in [5.41, 5.74) is 0. The van der Waals surface area contributed by atoms with Crippen LogP contribution >= 0.6 is 15.6 Å². The van der Waals surface area contributed by atoms with Crippen LogP contribution in [0.15, 0.2) is 122 Å². The summed E-state index contributed by atoms with van der Waals surface area (Å²) in [6, 6.07) is 0. The lowest BCUT2D eigenvalue weighted by molar-refractivity contribution is -0.161. The first kappa shape index (κ1) is 101. The number of hydrogen-bond acceptors (Lipinski definition) is 14. The summed E-state index contributed by atoms with van der Waals surface area (Å²) < 4.78 is 61.2. The smallest absolute Gasteiger partial charge is 0.463 e. The second kappa shape index (κ2) is 79.5. The van der Waals surface area contributed by atoms with E-state index in [9.17, 15) is 43.5 Å². The van der Waals surface area contributed by atoms with Crippen LogP contribution in [0.2, 0.25) is 0 Å². The number of rotatable bonds is 79. The van der Waals surface area contributed by atoms with Crippen molar-refractivity contribution in [3.05, 3.63) is 122 Å². The standard InChI is InChI=1S/C87H152O16P2/c1-4-7-10-13-16-19-22-25-28-30-32-33-34-35-36-37-38-39-40-41-42-43-44-45-46-47-49-51-53-55-58-61-64-67-70-73-85(90)97-76-82(88)77-99-104(93,94)100-78-83(89)79-101-105(95,96)102-81-84(103-87(92)75-72-69-66-63-60-57-52-27-24-21-18-15-12-9-6-3)80-98-86(91)74-71-68-65-62-59-56-54-50-48-31-29-26-23-20-17-14-11-8-5-2/h7-8,10-11,16-17,19-20,25-26,28-29,32-33,35-36,38-39,48,50,82-84,88-89H,4-6,9,12-15,18,21-24,27,30-31,34,37,40-47,49,51-81H2,1-3H3,(H,93,94)(H,95,96)/b10-7-,11-8-,19-16-,20-17-,28-25-,29-26-,33-32-,36-35-,39-38-,50-48-. The van der Waals surface area contributed by atoms with Gasteiger partial charge < -0.3 is 34.2 Å². The number of esters is 3. The van der Waals surface area contributed by atoms with E-state index >= 15 is 0 Å². The quantitative estimate of drug-likeness (QED) is 0.0146. The molecule has 16 nitrogen and oxygen atoms in total. The summed E-state index contributed by atoms with van der Waals surface area (Å²) >= 11 is 0. The Labute approximate surface area is 640 Å². The highest BCUT2D eigenvalue weighted by molar-refractivity contribution is 7.47. The first-order chi connectivity index (χ1) is 51.2. The van der Waals surface area contributed by atoms with E-state index in [2.05, 4.69) is 142 Å². The lowest BCUT2D eigenvalue weighted by Crippen LogP contribution is -2.30. The van der Waals surface area contributed by atoms with Gasteiger partial charge in [0.05, 0.1) is 26.4 Å². The molecule has 0 fully saturated rings. The van der Waals surface area contributed by atoms with Crippen molar-refractivity contribution in [2.24, 2.45) is 0 Å². The molecule has 0 aliphatic carbocycles. The van der Waals surface area contributed by atoms with Gasteiger partial charge in [-0.3, -0.25) is 32.5 Å². The number of allylic oxidation sites excluding steroid dienone is 20. The summed E-state index contributed by atoms with van der Waals surface area (Å²) in [6.07, 6.45) is 95.4. The average molecular weight is 1520 g/mol. The summed E-state index contributed by atoms with van der Waals surface area (Å²) in [4.78, 5) is 58.7. The topological polar surface area (TPSA) is 231 Å². The molecule has 18 heteroatoms. The van der Waals surface area contributed by atoms with Crippen LogP contribution in [0.4, 0.5) is 0 Å². The molecule has 0 aliphatic rings. The molecule has 105 heavy (non-hydrogen) atoms. The van der Waals surface area contributed by atoms with E-state index < -0.39 is 91.5 Å². The molecule has 4 N–H and O–H groups in total. The van der Waals surface area contributed by atoms with Gasteiger partial charge in [0.2, 0.25) is 0 Å². The Morgan fingerprint density at radius 2 is 0.505 bits per heavy atom. The molecule has 0 amide bonds. The number of phosphoric acid groups is 2. The van der Waals surface area contributed by atoms with Gasteiger partial charge in [-0.15, -0.1) is 0 Å². The number of carbonyl (C=O) groups is 3. The Morgan fingerprint density at radius 1 is 0.276 bits per heavy atom. The van der Waals surface area contributed by atoms with Gasteiger partial charge in [-0.2, -0.15) is 0 Å². The van der Waals surface area contributed by atoms with Gasteiger partial charge in [-0.25, -0.2) is 9.13 Å². The molecule has 0 aromatic carbocycles. The van der Waals surface area contributed by atoms with Crippen LogP contribution in [0.3, 0.4) is 0 Å². The fourth-order valence-corrected chi connectivity index (χ4v) is 13.0. The maximum Gasteiger partial charge on any atom is 0.472 e. The first-order valence-electron chi connectivity index (χ1n) is 41.8. The van der Waals surface area contributed by atoms with Gasteiger partial charge in [-0.05, 0) is 109 Å². The molecule has 0 saturated carbocycles. The van der Waals surface area contributed by atoms with Crippen molar-refractivity contribution < 1.29 is 75.8 Å². The minimum atomic E-state index is -4.93. The molecule has 0 saturated heterocycles. The maximum atomic E-state index is 13.0. The molecule has 0 heterocycles. The number of aliphatic hydroxyl groups is 2. The second-order valence-electron chi connectivity index (χ2n) is 27.9. The Morgan fingerprint density at radius 3 is 0.800 bits per heavy atom. The van der Waals surface area contributed by atoms with E-state index in [1.165, 1.54) is 148 Å². The lowest BCUT2D eigenvalue weighted by Gasteiger charge is -2.21. The van der Waals surface area contributed by atoms with E-state index in [1.807, 2.05) is 0 Å². The molecular weight excluding hydrogens is 1360 g/mol. The van der Waals surface area contributed by atoms with Gasteiger partial charge in [0.1, 0.15) is 25.4 Å². The van der Waals surface area contributed by atoms with E-state index in [0.717, 1.165) is 148 Å². The molecule has 0 aliphatic heterocycles. The zero-order valence-electron chi connectivity index (χ0n) is 66.4. The second-order valence-corrected chi connectivity index (χ2v) is 30.8. The van der Waals surface area contributed by atoms with Crippen molar-refractivity contribution in [3.63, 3.8) is 0 Å². The summed E-state index contributed by atoms with van der Waals surface area (Å²) in [7, 11) is -9.79. The Kier molecular flexibility index (Phi) is 76.4. The van der Waals surface area contributed by atoms with Crippen molar-refractivity contribution in [1.82, 2.24) is 0 Å². The van der Waals surface area contributed by atoms with Gasteiger partial charge in [-0.1, -0.05) is 348 Å². The number of phosphoric ester groups is 2. The molecule has 5 unspecified atom stereocenters. The molecule has 606 valence electrons. The summed E-state index contributed by atoms with van der Waals surface area (Å²) in [6.45, 7) is 2.48. The van der Waals surface area contributed by atoms with Crippen LogP contribution in [0.1, 0.15) is 355 Å². The lowest BCUT2D eigenvalue weighted by atomic mass is 10.0. The number of carbonyl (C=O) groups excluding carboxylic acids is 3. The van der Waals surface area contributed by atoms with E-state index in [0.29, 0.717) is 19.3 Å². The summed E-state index contributed by atoms with van der Waals surface area (Å²) in [5, 5.41) is 20.7. The predicted molar refractivity (Wildman–Crippen MR) is 436 cm³/mol. The third-order valence-electron chi connectivity index (χ3n) is 17.7. The zero-order chi connectivity index (χ0) is 76.6. The highest BCUT2D eigenvalue weighted by Crippen LogP contribution is 2.45. The molecule has 0 aromatic heterocycles. The molecule has 0 rings (SSSR count). The van der Waals surface area contributed by atoms with Crippen molar-refractivity contribution in [1.29, 1.82) is 0 Å². The summed E-state index contributed by atoms with van der Waals surface area (Å²) in [5.74, 6) is -1.58. The van der Waals surface area contributed by atoms with Crippen LogP contribution in [-0.2, 0) is 55.8 Å². The van der Waals surface area contributed by atoms with E-state index in [-0.39, 0.29) is 19.3 Å². The molecule has 5 atom stereocenters. The number of ether oxygens (including phenoxy) is 3. The monoisotopic (exact) mass is 1520 g/mol. The van der Waals surface area contributed by atoms with Crippen molar-refractivity contribution >= 4 is 33.6 Å². The van der Waals surface area contributed by atoms with Gasteiger partial charge >= 0.3 is 33.6 Å². The Bertz CT molecular complexity index is 2390. The van der Waals surface area contributed by atoms with Crippen LogP contribution < -0.4 is 0 Å². The number of hydrogen-bond donors (Lipinski definition) is 4. The van der Waals surface area contributed by atoms with E-state index in [4.69, 9.17) is 32.3 Å². The first-order valence-corrected chi connectivity index (χ1v) is 44.8. The fraction of sp³-hybridized carbons (Fsp3) is 0.736. The predicted octanol–water partition coefficient (Wildman–Crippen LogP) is 24.9. The zero-order valence-corrected chi connectivity index (χ0v) is 68.2. The molecule has 0 bridgehead atoms. The van der Waals surface area contributed by atoms with E-state index in [1.54, 1.807) is 0 Å². The van der Waals surface area contributed by atoms with Crippen LogP contribution in [0, 0.1) is 0 Å². The third-order valence-corrected chi connectivity index (χ3v) is 19.6. The third kappa shape index (κ3) is 80.8. The minimum Gasteiger partial charge on any atom is -0.463 e. The van der Waals surface area contributed by atoms with Gasteiger partial charge in [0, 0.05) is 19.3 Å². The van der Waals surface area contributed by atoms with Gasteiger partial charge in [0.15, 0.2) is 6.10 Å².